The molecular formula is C38H76O4. The van der Waals surface area contributed by atoms with Crippen LogP contribution >= 0.6 is 0 Å². The molecule has 0 amide bonds. The van der Waals surface area contributed by atoms with Gasteiger partial charge >= 0.3 is 11.9 Å². The molecule has 2 N–H and O–H groups in total. The van der Waals surface area contributed by atoms with Gasteiger partial charge in [-0.15, -0.1) is 0 Å². The first-order valence-corrected chi connectivity index (χ1v) is 19.0. The van der Waals surface area contributed by atoms with Crippen molar-refractivity contribution in [3.63, 3.8) is 0 Å². The molecule has 0 saturated heterocycles. The number of carbonyl (C=O) groups is 2. The van der Waals surface area contributed by atoms with E-state index in [0.717, 1.165) is 25.7 Å². The second-order valence-corrected chi connectivity index (χ2v) is 12.9. The van der Waals surface area contributed by atoms with Gasteiger partial charge in [0.15, 0.2) is 0 Å². The number of unbranched alkanes of at least 4 members (excludes halogenated alkanes) is 30. The summed E-state index contributed by atoms with van der Waals surface area (Å²) in [6, 6.07) is 0. The first kappa shape index (κ1) is 43.1. The van der Waals surface area contributed by atoms with Crippen molar-refractivity contribution in [1.29, 1.82) is 0 Å². The Morgan fingerprint density at radius 2 is 0.429 bits per heavy atom. The molecule has 0 unspecified atom stereocenters. The molecule has 0 fully saturated rings. The van der Waals surface area contributed by atoms with Gasteiger partial charge in [-0.05, 0) is 12.8 Å². The highest BCUT2D eigenvalue weighted by molar-refractivity contribution is 5.66. The Balaban J connectivity index is 0. The quantitative estimate of drug-likeness (QED) is 0.0724. The van der Waals surface area contributed by atoms with Gasteiger partial charge in [0.25, 0.3) is 0 Å². The van der Waals surface area contributed by atoms with Crippen LogP contribution in [0.3, 0.4) is 0 Å². The van der Waals surface area contributed by atoms with Crippen molar-refractivity contribution in [2.45, 2.75) is 232 Å². The Labute approximate surface area is 263 Å². The summed E-state index contributed by atoms with van der Waals surface area (Å²) in [4.78, 5) is 20.7. The van der Waals surface area contributed by atoms with Crippen molar-refractivity contribution in [2.75, 3.05) is 0 Å². The Morgan fingerprint density at radius 3 is 0.571 bits per heavy atom. The number of aliphatic carboxylic acids is 2. The minimum absolute atomic E-state index is 0.345. The van der Waals surface area contributed by atoms with Gasteiger partial charge in [0, 0.05) is 12.8 Å². The van der Waals surface area contributed by atoms with Crippen LogP contribution in [0.5, 0.6) is 0 Å². The lowest BCUT2D eigenvalue weighted by atomic mass is 10.0. The lowest BCUT2D eigenvalue weighted by molar-refractivity contribution is -0.138. The zero-order valence-corrected chi connectivity index (χ0v) is 28.8. The van der Waals surface area contributed by atoms with E-state index in [1.54, 1.807) is 0 Å². The van der Waals surface area contributed by atoms with Crippen LogP contribution in [-0.2, 0) is 9.59 Å². The van der Waals surface area contributed by atoms with Gasteiger partial charge < -0.3 is 10.2 Å². The zero-order chi connectivity index (χ0) is 31.2. The van der Waals surface area contributed by atoms with Crippen LogP contribution in [-0.4, -0.2) is 22.2 Å². The summed E-state index contributed by atoms with van der Waals surface area (Å²) in [5, 5.41) is 17.0. The molecule has 42 heavy (non-hydrogen) atoms. The normalized spacial score (nSPS) is 10.9. The summed E-state index contributed by atoms with van der Waals surface area (Å²) in [5.74, 6) is -1.31. The Bertz CT molecular complexity index is 519. The number of hydrogen-bond acceptors (Lipinski definition) is 2. The van der Waals surface area contributed by atoms with E-state index in [2.05, 4.69) is 13.8 Å². The first-order valence-electron chi connectivity index (χ1n) is 19.0. The summed E-state index contributed by atoms with van der Waals surface area (Å²) < 4.78 is 0. The van der Waals surface area contributed by atoms with Crippen LogP contribution in [0.1, 0.15) is 232 Å². The van der Waals surface area contributed by atoms with E-state index in [0.29, 0.717) is 12.8 Å². The molecule has 0 rings (SSSR count). The molecule has 0 aliphatic carbocycles. The summed E-state index contributed by atoms with van der Waals surface area (Å²) in [5.41, 5.74) is 0. The third-order valence-corrected chi connectivity index (χ3v) is 8.49. The monoisotopic (exact) mass is 597 g/mol. The van der Waals surface area contributed by atoms with Crippen molar-refractivity contribution in [3.8, 4) is 0 Å². The van der Waals surface area contributed by atoms with Gasteiger partial charge in [-0.2, -0.15) is 0 Å². The average molecular weight is 597 g/mol. The molecule has 0 aromatic carbocycles. The molecule has 0 aromatic heterocycles. The van der Waals surface area contributed by atoms with E-state index in [1.165, 1.54) is 180 Å². The van der Waals surface area contributed by atoms with E-state index >= 15 is 0 Å². The highest BCUT2D eigenvalue weighted by Crippen LogP contribution is 2.15. The van der Waals surface area contributed by atoms with Gasteiger partial charge in [-0.3, -0.25) is 9.59 Å². The third-order valence-electron chi connectivity index (χ3n) is 8.49. The molecule has 0 radical (unpaired) electrons. The predicted molar refractivity (Wildman–Crippen MR) is 184 cm³/mol. The minimum atomic E-state index is -0.655. The van der Waals surface area contributed by atoms with E-state index < -0.39 is 11.9 Å². The fourth-order valence-electron chi connectivity index (χ4n) is 5.65. The van der Waals surface area contributed by atoms with Gasteiger partial charge in [-0.1, -0.05) is 206 Å². The molecule has 4 heteroatoms. The first-order chi connectivity index (χ1) is 20.5. The van der Waals surface area contributed by atoms with Crippen molar-refractivity contribution >= 4 is 11.9 Å². The minimum Gasteiger partial charge on any atom is -0.481 e. The smallest absolute Gasteiger partial charge is 0.303 e. The molecule has 0 aliphatic heterocycles. The molecule has 0 aliphatic rings. The molecule has 0 heterocycles. The van der Waals surface area contributed by atoms with Crippen molar-refractivity contribution in [2.24, 2.45) is 0 Å². The van der Waals surface area contributed by atoms with Crippen LogP contribution in [0.2, 0.25) is 0 Å². The van der Waals surface area contributed by atoms with Crippen LogP contribution in [0.25, 0.3) is 0 Å². The highest BCUT2D eigenvalue weighted by atomic mass is 16.4. The number of carboxylic acid groups (broad SMARTS) is 2. The standard InChI is InChI=1S/C22H44O2.C16H32O2/c1-2-3-4-5-6-7-8-9-10-11-12-13-14-15-16-17-18-19-20-21-22(23)24;1-2-3-4-5-6-7-8-9-10-11-12-13-14-15-16(17)18/h2-21H2,1H3,(H,23,24);2-15H2,1H3,(H,17,18). The number of rotatable bonds is 34. The van der Waals surface area contributed by atoms with Crippen molar-refractivity contribution in [3.05, 3.63) is 0 Å². The van der Waals surface area contributed by atoms with Crippen LogP contribution in [0, 0.1) is 0 Å². The largest absolute Gasteiger partial charge is 0.481 e. The van der Waals surface area contributed by atoms with E-state index in [9.17, 15) is 9.59 Å². The fourth-order valence-corrected chi connectivity index (χ4v) is 5.65. The second-order valence-electron chi connectivity index (χ2n) is 12.9. The van der Waals surface area contributed by atoms with Crippen LogP contribution < -0.4 is 0 Å². The third kappa shape index (κ3) is 45.9. The second kappa shape index (κ2) is 39.9. The van der Waals surface area contributed by atoms with E-state index in [1.807, 2.05) is 0 Å². The zero-order valence-electron chi connectivity index (χ0n) is 28.8. The van der Waals surface area contributed by atoms with Gasteiger partial charge in [-0.25, -0.2) is 0 Å². The number of hydrogen-bond donors (Lipinski definition) is 2. The summed E-state index contributed by atoms with van der Waals surface area (Å²) in [6.07, 6.45) is 43.4. The van der Waals surface area contributed by atoms with E-state index in [-0.39, 0.29) is 0 Å². The van der Waals surface area contributed by atoms with E-state index in [4.69, 9.17) is 10.2 Å². The lowest BCUT2D eigenvalue weighted by Crippen LogP contribution is -1.93. The molecule has 0 spiro atoms. The highest BCUT2D eigenvalue weighted by Gasteiger charge is 1.98. The van der Waals surface area contributed by atoms with Crippen LogP contribution in [0.4, 0.5) is 0 Å². The maximum absolute atomic E-state index is 10.4. The SMILES string of the molecule is CCCCCCCCCCCCCCCC(=O)O.CCCCCCCCCCCCCCCCCCCCCC(=O)O. The molecular weight excluding hydrogens is 520 g/mol. The maximum atomic E-state index is 10.4. The topological polar surface area (TPSA) is 74.6 Å². The Kier molecular flexibility index (Phi) is 41.0. The number of carboxylic acids is 2. The summed E-state index contributed by atoms with van der Waals surface area (Å²) in [7, 11) is 0. The summed E-state index contributed by atoms with van der Waals surface area (Å²) in [6.45, 7) is 4.54. The molecule has 0 saturated carbocycles. The van der Waals surface area contributed by atoms with Gasteiger partial charge in [0.2, 0.25) is 0 Å². The average Bonchev–Trinajstić information content (AvgIpc) is 2.97. The van der Waals surface area contributed by atoms with Crippen molar-refractivity contribution in [1.82, 2.24) is 0 Å². The van der Waals surface area contributed by atoms with Crippen molar-refractivity contribution < 1.29 is 19.8 Å². The molecule has 252 valence electrons. The summed E-state index contributed by atoms with van der Waals surface area (Å²) >= 11 is 0. The van der Waals surface area contributed by atoms with Crippen LogP contribution in [0.15, 0.2) is 0 Å². The van der Waals surface area contributed by atoms with Gasteiger partial charge in [0.05, 0.1) is 0 Å². The molecule has 4 nitrogen and oxygen atoms in total. The molecule has 0 aromatic rings. The maximum Gasteiger partial charge on any atom is 0.303 e. The van der Waals surface area contributed by atoms with Gasteiger partial charge in [0.1, 0.15) is 0 Å². The lowest BCUT2D eigenvalue weighted by Gasteiger charge is -2.03. The Morgan fingerprint density at radius 1 is 0.286 bits per heavy atom. The fraction of sp³-hybridized carbons (Fsp3) is 0.947. The Hall–Kier alpha value is -1.06. The molecule has 0 bridgehead atoms. The predicted octanol–water partition coefficient (Wildman–Crippen LogP) is 13.4. The molecule has 0 atom stereocenters.